The van der Waals surface area contributed by atoms with Gasteiger partial charge in [0.15, 0.2) is 0 Å². The molecule has 0 unspecified atom stereocenters. The van der Waals surface area contributed by atoms with Gasteiger partial charge in [-0.05, 0) is 67.4 Å². The highest BCUT2D eigenvalue weighted by atomic mass is 16.2. The van der Waals surface area contributed by atoms with Gasteiger partial charge in [0.2, 0.25) is 5.91 Å². The van der Waals surface area contributed by atoms with Crippen molar-refractivity contribution < 1.29 is 4.79 Å². The number of piperidine rings is 2. The van der Waals surface area contributed by atoms with Gasteiger partial charge in [-0.15, -0.1) is 0 Å². The van der Waals surface area contributed by atoms with Gasteiger partial charge >= 0.3 is 0 Å². The van der Waals surface area contributed by atoms with Crippen molar-refractivity contribution in [3.8, 4) is 6.07 Å². The fourth-order valence-electron chi connectivity index (χ4n) is 4.81. The molecule has 0 N–H and O–H groups in total. The number of nitrogens with zero attached hydrogens (tertiary/aromatic N) is 3. The van der Waals surface area contributed by atoms with E-state index in [2.05, 4.69) is 46.2 Å². The van der Waals surface area contributed by atoms with Crippen LogP contribution in [0.15, 0.2) is 54.6 Å². The molecule has 4 rings (SSSR count). The maximum Gasteiger partial charge on any atom is 0.222 e. The van der Waals surface area contributed by atoms with E-state index in [4.69, 9.17) is 5.26 Å². The lowest BCUT2D eigenvalue weighted by atomic mass is 9.72. The number of nitriles is 1. The quantitative estimate of drug-likeness (QED) is 0.779. The number of carbonyl (C=O) groups excluding carboxylic acids is 1. The summed E-state index contributed by atoms with van der Waals surface area (Å²) < 4.78 is 0. The second kappa shape index (κ2) is 8.80. The van der Waals surface area contributed by atoms with Gasteiger partial charge in [-0.25, -0.2) is 0 Å². The van der Waals surface area contributed by atoms with Crippen molar-refractivity contribution in [1.29, 1.82) is 5.26 Å². The smallest absolute Gasteiger partial charge is 0.222 e. The largest absolute Gasteiger partial charge is 0.342 e. The van der Waals surface area contributed by atoms with Crippen molar-refractivity contribution in [3.05, 3.63) is 71.3 Å². The van der Waals surface area contributed by atoms with E-state index in [0.29, 0.717) is 12.3 Å². The molecule has 0 saturated carbocycles. The molecule has 4 nitrogen and oxygen atoms in total. The fraction of sp³-hybridized carbons (Fsp3) is 0.440. The molecule has 0 aliphatic carbocycles. The molecule has 2 aromatic rings. The molecule has 4 heteroatoms. The highest BCUT2D eigenvalue weighted by molar-refractivity contribution is 5.77. The Bertz CT molecular complexity index is 878. The summed E-state index contributed by atoms with van der Waals surface area (Å²) in [5.41, 5.74) is 3.53. The molecule has 29 heavy (non-hydrogen) atoms. The first-order chi connectivity index (χ1) is 14.2. The first-order valence-corrected chi connectivity index (χ1v) is 10.7. The van der Waals surface area contributed by atoms with Crippen molar-refractivity contribution in [3.63, 3.8) is 0 Å². The van der Waals surface area contributed by atoms with E-state index in [0.717, 1.165) is 64.0 Å². The molecule has 0 atom stereocenters. The second-order valence-electron chi connectivity index (χ2n) is 8.64. The SMILES string of the molecule is N#Cc1cccc(CN2CCC3(CCC(=O)N(CCc4ccccc4)C3)CC2)c1. The molecule has 2 aromatic carbocycles. The van der Waals surface area contributed by atoms with E-state index in [9.17, 15) is 4.79 Å². The number of hydrogen-bond donors (Lipinski definition) is 0. The third kappa shape index (κ3) is 4.86. The van der Waals surface area contributed by atoms with Gasteiger partial charge in [0, 0.05) is 26.1 Å². The van der Waals surface area contributed by atoms with E-state index in [1.165, 1.54) is 11.1 Å². The van der Waals surface area contributed by atoms with Gasteiger partial charge in [0.25, 0.3) is 0 Å². The van der Waals surface area contributed by atoms with Crippen LogP contribution in [-0.2, 0) is 17.8 Å². The Kier molecular flexibility index (Phi) is 5.97. The molecule has 1 spiro atoms. The van der Waals surface area contributed by atoms with E-state index in [1.54, 1.807) is 0 Å². The molecular formula is C25H29N3O. The van der Waals surface area contributed by atoms with Gasteiger partial charge in [-0.3, -0.25) is 9.69 Å². The summed E-state index contributed by atoms with van der Waals surface area (Å²) in [4.78, 5) is 17.1. The Morgan fingerprint density at radius 3 is 2.48 bits per heavy atom. The summed E-state index contributed by atoms with van der Waals surface area (Å²) in [6, 6.07) is 20.6. The van der Waals surface area contributed by atoms with Crippen LogP contribution in [0.1, 0.15) is 42.4 Å². The van der Waals surface area contributed by atoms with Crippen LogP contribution in [0.2, 0.25) is 0 Å². The summed E-state index contributed by atoms with van der Waals surface area (Å²) >= 11 is 0. The van der Waals surface area contributed by atoms with Crippen molar-refractivity contribution >= 4 is 5.91 Å². The highest BCUT2D eigenvalue weighted by Gasteiger charge is 2.40. The minimum atomic E-state index is 0.287. The second-order valence-corrected chi connectivity index (χ2v) is 8.64. The predicted octanol–water partition coefficient (Wildman–Crippen LogP) is 4.01. The maximum atomic E-state index is 12.5. The van der Waals surface area contributed by atoms with Gasteiger partial charge in [-0.1, -0.05) is 42.5 Å². The van der Waals surface area contributed by atoms with Crippen LogP contribution >= 0.6 is 0 Å². The van der Waals surface area contributed by atoms with Gasteiger partial charge in [-0.2, -0.15) is 5.26 Å². The Balaban J connectivity index is 1.32. The molecular weight excluding hydrogens is 358 g/mol. The lowest BCUT2D eigenvalue weighted by molar-refractivity contribution is -0.139. The van der Waals surface area contributed by atoms with E-state index in [-0.39, 0.29) is 5.41 Å². The van der Waals surface area contributed by atoms with Crippen molar-refractivity contribution in [2.45, 2.75) is 38.6 Å². The summed E-state index contributed by atoms with van der Waals surface area (Å²) in [5, 5.41) is 9.10. The summed E-state index contributed by atoms with van der Waals surface area (Å²) in [5.74, 6) is 0.322. The fourth-order valence-corrected chi connectivity index (χ4v) is 4.81. The Morgan fingerprint density at radius 1 is 0.966 bits per heavy atom. The number of carbonyl (C=O) groups is 1. The van der Waals surface area contributed by atoms with E-state index < -0.39 is 0 Å². The van der Waals surface area contributed by atoms with Crippen LogP contribution in [0.4, 0.5) is 0 Å². The molecule has 2 fully saturated rings. The van der Waals surface area contributed by atoms with Crippen LogP contribution in [0, 0.1) is 16.7 Å². The van der Waals surface area contributed by atoms with Crippen molar-refractivity contribution in [2.75, 3.05) is 26.2 Å². The van der Waals surface area contributed by atoms with Crippen molar-refractivity contribution in [2.24, 2.45) is 5.41 Å². The minimum absolute atomic E-state index is 0.287. The van der Waals surface area contributed by atoms with Crippen molar-refractivity contribution in [1.82, 2.24) is 9.80 Å². The monoisotopic (exact) mass is 387 g/mol. The van der Waals surface area contributed by atoms with Crippen LogP contribution in [0.25, 0.3) is 0 Å². The number of likely N-dealkylation sites (tertiary alicyclic amines) is 2. The molecule has 2 aliphatic heterocycles. The van der Waals surface area contributed by atoms with Crippen LogP contribution in [-0.4, -0.2) is 41.9 Å². The highest BCUT2D eigenvalue weighted by Crippen LogP contribution is 2.40. The van der Waals surface area contributed by atoms with Crippen LogP contribution in [0.3, 0.4) is 0 Å². The zero-order chi connectivity index (χ0) is 20.1. The number of amides is 1. The lowest BCUT2D eigenvalue weighted by Crippen LogP contribution is -2.51. The van der Waals surface area contributed by atoms with E-state index >= 15 is 0 Å². The van der Waals surface area contributed by atoms with Gasteiger partial charge < -0.3 is 4.90 Å². The topological polar surface area (TPSA) is 47.3 Å². The Morgan fingerprint density at radius 2 is 1.72 bits per heavy atom. The van der Waals surface area contributed by atoms with Crippen LogP contribution in [0.5, 0.6) is 0 Å². The normalized spacial score (nSPS) is 19.3. The van der Waals surface area contributed by atoms with Gasteiger partial charge in [0.1, 0.15) is 0 Å². The summed E-state index contributed by atoms with van der Waals surface area (Å²) in [6.07, 6.45) is 4.97. The predicted molar refractivity (Wildman–Crippen MR) is 114 cm³/mol. The average Bonchev–Trinajstić information content (AvgIpc) is 2.77. The molecule has 0 bridgehead atoms. The molecule has 0 aromatic heterocycles. The average molecular weight is 388 g/mol. The third-order valence-electron chi connectivity index (χ3n) is 6.64. The van der Waals surface area contributed by atoms with Gasteiger partial charge in [0.05, 0.1) is 11.6 Å². The lowest BCUT2D eigenvalue weighted by Gasteiger charge is -2.47. The minimum Gasteiger partial charge on any atom is -0.342 e. The number of benzene rings is 2. The molecule has 2 saturated heterocycles. The molecule has 2 aliphatic rings. The summed E-state index contributed by atoms with van der Waals surface area (Å²) in [7, 11) is 0. The first kappa shape index (κ1) is 19.7. The Labute approximate surface area is 173 Å². The Hall–Kier alpha value is -2.64. The third-order valence-corrected chi connectivity index (χ3v) is 6.64. The first-order valence-electron chi connectivity index (χ1n) is 10.7. The molecule has 0 radical (unpaired) electrons. The van der Waals surface area contributed by atoms with Crippen LogP contribution < -0.4 is 0 Å². The zero-order valence-electron chi connectivity index (χ0n) is 17.0. The zero-order valence-corrected chi connectivity index (χ0v) is 17.0. The maximum absolute atomic E-state index is 12.5. The number of hydrogen-bond acceptors (Lipinski definition) is 3. The molecule has 150 valence electrons. The molecule has 1 amide bonds. The van der Waals surface area contributed by atoms with E-state index in [1.807, 2.05) is 24.3 Å². The standard InChI is InChI=1S/C25H29N3O/c26-18-22-7-4-8-23(17-22)19-27-15-12-25(13-16-27)11-9-24(29)28(20-25)14-10-21-5-2-1-3-6-21/h1-8,17H,9-16,19-20H2. The molecule has 2 heterocycles. The summed E-state index contributed by atoms with van der Waals surface area (Å²) in [6.45, 7) is 4.78. The number of rotatable bonds is 5.